The smallest absolute Gasteiger partial charge is 0.298 e. The first-order valence-corrected chi connectivity index (χ1v) is 10.4. The minimum Gasteiger partial charge on any atom is -0.492 e. The van der Waals surface area contributed by atoms with Crippen LogP contribution in [0.5, 0.6) is 5.75 Å². The Labute approximate surface area is 157 Å². The van der Waals surface area contributed by atoms with E-state index < -0.39 is 27.5 Å². The van der Waals surface area contributed by atoms with E-state index >= 15 is 0 Å². The van der Waals surface area contributed by atoms with Crippen LogP contribution in [0.15, 0.2) is 12.1 Å². The standard InChI is InChI=1S/C17H22ClFN2O4S/c1-17(2)10-4-3-9(12(17)5-10)8-25-15-7-14(19)11(6-13(15)18)16(22)21-26(20,23)24/h6-7,9-10,12H,3-5,8H2,1-2H3,(H,21,22)(H2,20,23,24)/t9-,10+,12+/m1/s1. The topological polar surface area (TPSA) is 98.5 Å². The number of nitrogens with one attached hydrogen (secondary N) is 1. The molecule has 0 heterocycles. The van der Waals surface area contributed by atoms with Crippen molar-refractivity contribution in [2.75, 3.05) is 6.61 Å². The fraction of sp³-hybridized carbons (Fsp3) is 0.588. The second-order valence-corrected chi connectivity index (χ2v) is 9.45. The Bertz CT molecular complexity index is 841. The molecule has 3 saturated carbocycles. The molecule has 0 aromatic heterocycles. The second kappa shape index (κ2) is 6.65. The number of amides is 1. The molecule has 1 aromatic carbocycles. The quantitative estimate of drug-likeness (QED) is 0.788. The lowest BCUT2D eigenvalue weighted by atomic mass is 9.46. The van der Waals surface area contributed by atoms with Gasteiger partial charge in [-0.15, -0.1) is 0 Å². The number of rotatable bonds is 5. The Kier molecular flexibility index (Phi) is 4.96. The summed E-state index contributed by atoms with van der Waals surface area (Å²) in [5, 5.41) is 4.76. The molecule has 3 aliphatic rings. The highest BCUT2D eigenvalue weighted by molar-refractivity contribution is 7.87. The Balaban J connectivity index is 1.70. The van der Waals surface area contributed by atoms with Crippen LogP contribution in [0.25, 0.3) is 0 Å². The SMILES string of the molecule is CC1(C)[C@H]2CC[C@H](COc3cc(F)c(C(=O)NS(N)(=O)=O)cc3Cl)[C@@H]1C2. The molecule has 0 radical (unpaired) electrons. The van der Waals surface area contributed by atoms with E-state index in [1.807, 2.05) is 0 Å². The molecule has 144 valence electrons. The number of halogens is 2. The van der Waals surface area contributed by atoms with Crippen molar-refractivity contribution >= 4 is 27.7 Å². The zero-order valence-electron chi connectivity index (χ0n) is 14.6. The van der Waals surface area contributed by atoms with Gasteiger partial charge >= 0.3 is 0 Å². The summed E-state index contributed by atoms with van der Waals surface area (Å²) in [6, 6.07) is 2.04. The van der Waals surface area contributed by atoms with E-state index in [4.69, 9.17) is 21.5 Å². The maximum atomic E-state index is 14.2. The average Bonchev–Trinajstić information content (AvgIpc) is 2.53. The van der Waals surface area contributed by atoms with Gasteiger partial charge in [-0.1, -0.05) is 25.4 Å². The predicted molar refractivity (Wildman–Crippen MR) is 95.6 cm³/mol. The number of hydrogen-bond acceptors (Lipinski definition) is 4. The maximum absolute atomic E-state index is 14.2. The fourth-order valence-electron chi connectivity index (χ4n) is 4.36. The highest BCUT2D eigenvalue weighted by Gasteiger charge is 2.54. The monoisotopic (exact) mass is 404 g/mol. The second-order valence-electron chi connectivity index (χ2n) is 7.75. The molecular weight excluding hydrogens is 383 g/mol. The summed E-state index contributed by atoms with van der Waals surface area (Å²) in [6.07, 6.45) is 3.45. The van der Waals surface area contributed by atoms with E-state index in [1.54, 1.807) is 0 Å². The van der Waals surface area contributed by atoms with Crippen LogP contribution in [-0.2, 0) is 10.2 Å². The zero-order chi connectivity index (χ0) is 19.3. The van der Waals surface area contributed by atoms with Crippen molar-refractivity contribution in [1.82, 2.24) is 4.72 Å². The number of nitrogens with two attached hydrogens (primary N) is 1. The zero-order valence-corrected chi connectivity index (χ0v) is 16.2. The summed E-state index contributed by atoms with van der Waals surface area (Å²) in [5.74, 6) is -0.229. The molecule has 26 heavy (non-hydrogen) atoms. The molecule has 2 bridgehead atoms. The summed E-state index contributed by atoms with van der Waals surface area (Å²) < 4.78 is 43.2. The van der Waals surface area contributed by atoms with E-state index in [0.717, 1.165) is 24.5 Å². The number of benzene rings is 1. The highest BCUT2D eigenvalue weighted by Crippen LogP contribution is 2.61. The molecule has 6 nitrogen and oxygen atoms in total. The molecule has 1 aromatic rings. The van der Waals surface area contributed by atoms with Crippen LogP contribution in [0.1, 0.15) is 43.5 Å². The third kappa shape index (κ3) is 3.68. The number of carbonyl (C=O) groups excluding carboxylic acids is 1. The van der Waals surface area contributed by atoms with E-state index in [-0.39, 0.29) is 10.8 Å². The van der Waals surface area contributed by atoms with E-state index in [9.17, 15) is 17.6 Å². The first-order chi connectivity index (χ1) is 12.0. The summed E-state index contributed by atoms with van der Waals surface area (Å²) in [6.45, 7) is 5.00. The van der Waals surface area contributed by atoms with Gasteiger partial charge in [0, 0.05) is 6.07 Å². The van der Waals surface area contributed by atoms with Gasteiger partial charge in [-0.3, -0.25) is 4.79 Å². The molecule has 3 aliphatic carbocycles. The van der Waals surface area contributed by atoms with E-state index in [1.165, 1.54) is 17.6 Å². The minimum absolute atomic E-state index is 0.0347. The third-order valence-electron chi connectivity index (χ3n) is 5.96. The molecule has 3 fully saturated rings. The Morgan fingerprint density at radius 3 is 2.69 bits per heavy atom. The van der Waals surface area contributed by atoms with Crippen LogP contribution in [0.3, 0.4) is 0 Å². The van der Waals surface area contributed by atoms with E-state index in [0.29, 0.717) is 23.9 Å². The lowest BCUT2D eigenvalue weighted by Gasteiger charge is -2.60. The molecule has 3 N–H and O–H groups in total. The van der Waals surface area contributed by atoms with Gasteiger partial charge in [0.1, 0.15) is 11.6 Å². The van der Waals surface area contributed by atoms with Gasteiger partial charge < -0.3 is 4.74 Å². The number of ether oxygens (including phenoxy) is 1. The van der Waals surface area contributed by atoms with Gasteiger partial charge in [0.2, 0.25) is 0 Å². The molecule has 0 spiro atoms. The first-order valence-electron chi connectivity index (χ1n) is 8.45. The first kappa shape index (κ1) is 19.4. The molecular formula is C17H22ClFN2O4S. The van der Waals surface area contributed by atoms with Gasteiger partial charge in [-0.25, -0.2) is 14.3 Å². The van der Waals surface area contributed by atoms with Crippen LogP contribution in [-0.4, -0.2) is 20.9 Å². The van der Waals surface area contributed by atoms with Gasteiger partial charge in [0.05, 0.1) is 17.2 Å². The van der Waals surface area contributed by atoms with Crippen molar-refractivity contribution in [3.8, 4) is 5.75 Å². The number of hydrogen-bond donors (Lipinski definition) is 2. The molecule has 4 rings (SSSR count). The highest BCUT2D eigenvalue weighted by atomic mass is 35.5. The average molecular weight is 405 g/mol. The van der Waals surface area contributed by atoms with Gasteiger partial charge in [-0.05, 0) is 48.5 Å². The Hall–Kier alpha value is -1.38. The maximum Gasteiger partial charge on any atom is 0.298 e. The molecule has 9 heteroatoms. The van der Waals surface area contributed by atoms with Crippen molar-refractivity contribution in [2.45, 2.75) is 33.1 Å². The molecule has 0 unspecified atom stereocenters. The normalized spacial score (nSPS) is 26.7. The largest absolute Gasteiger partial charge is 0.492 e. The summed E-state index contributed by atoms with van der Waals surface area (Å²) in [4.78, 5) is 11.8. The van der Waals surface area contributed by atoms with Gasteiger partial charge in [-0.2, -0.15) is 8.42 Å². The number of carbonyl (C=O) groups is 1. The van der Waals surface area contributed by atoms with Crippen LogP contribution in [0, 0.1) is 29.0 Å². The van der Waals surface area contributed by atoms with E-state index in [2.05, 4.69) is 13.8 Å². The Morgan fingerprint density at radius 1 is 1.42 bits per heavy atom. The van der Waals surface area contributed by atoms with Crippen LogP contribution in [0.4, 0.5) is 4.39 Å². The summed E-state index contributed by atoms with van der Waals surface area (Å²) in [5.41, 5.74) is -0.200. The molecule has 1 amide bonds. The van der Waals surface area contributed by atoms with Crippen molar-refractivity contribution in [3.05, 3.63) is 28.5 Å². The van der Waals surface area contributed by atoms with Crippen LogP contribution < -0.4 is 14.6 Å². The van der Waals surface area contributed by atoms with Crippen LogP contribution in [0.2, 0.25) is 5.02 Å². The van der Waals surface area contributed by atoms with Crippen LogP contribution >= 0.6 is 11.6 Å². The van der Waals surface area contributed by atoms with Crippen molar-refractivity contribution in [2.24, 2.45) is 28.3 Å². The summed E-state index contributed by atoms with van der Waals surface area (Å²) in [7, 11) is -4.29. The predicted octanol–water partition coefficient (Wildman–Crippen LogP) is 2.86. The van der Waals surface area contributed by atoms with Gasteiger partial charge in [0.15, 0.2) is 0 Å². The van der Waals surface area contributed by atoms with Crippen molar-refractivity contribution in [3.63, 3.8) is 0 Å². The lowest BCUT2D eigenvalue weighted by molar-refractivity contribution is -0.114. The third-order valence-corrected chi connectivity index (χ3v) is 6.72. The minimum atomic E-state index is -4.29. The lowest BCUT2D eigenvalue weighted by Crippen LogP contribution is -2.53. The number of fused-ring (bicyclic) bond motifs is 2. The van der Waals surface area contributed by atoms with Crippen molar-refractivity contribution in [1.29, 1.82) is 0 Å². The molecule has 0 aliphatic heterocycles. The molecule has 0 saturated heterocycles. The van der Waals surface area contributed by atoms with Crippen molar-refractivity contribution < 1.29 is 22.3 Å². The van der Waals surface area contributed by atoms with Gasteiger partial charge in [0.25, 0.3) is 16.1 Å². The molecule has 3 atom stereocenters. The Morgan fingerprint density at radius 2 is 2.12 bits per heavy atom. The fourth-order valence-corrected chi connectivity index (χ4v) is 4.94. The summed E-state index contributed by atoms with van der Waals surface area (Å²) >= 11 is 6.08.